The minimum Gasteiger partial charge on any atom is -0.340 e. The quantitative estimate of drug-likeness (QED) is 0.392. The Bertz CT molecular complexity index is 1530. The molecule has 1 atom stereocenters. The van der Waals surface area contributed by atoms with Crippen LogP contribution >= 0.6 is 0 Å². The van der Waals surface area contributed by atoms with E-state index in [0.29, 0.717) is 42.9 Å². The number of nitrogens with one attached hydrogen (secondary N) is 3. The normalized spacial score (nSPS) is 16.5. The highest BCUT2D eigenvalue weighted by molar-refractivity contribution is 8.09. The number of amides is 2. The fraction of sp³-hybridized carbons (Fsp3) is 0.520. The van der Waals surface area contributed by atoms with E-state index < -0.39 is 43.0 Å². The molecule has 2 aromatic rings. The summed E-state index contributed by atoms with van der Waals surface area (Å²) in [4.78, 5) is 12.1. The van der Waals surface area contributed by atoms with Gasteiger partial charge >= 0.3 is 12.2 Å². The Kier molecular flexibility index (Phi) is 8.80. The zero-order valence-electron chi connectivity index (χ0n) is 23.8. The van der Waals surface area contributed by atoms with E-state index in [1.807, 2.05) is 40.7 Å². The van der Waals surface area contributed by atoms with Gasteiger partial charge in [0.25, 0.3) is 0 Å². The Morgan fingerprint density at radius 2 is 1.68 bits per heavy atom. The van der Waals surface area contributed by atoms with Crippen LogP contribution in [0.2, 0.25) is 0 Å². The van der Waals surface area contributed by atoms with Crippen LogP contribution in [0.25, 0.3) is 0 Å². The molecule has 0 saturated carbocycles. The zero-order chi connectivity index (χ0) is 31.1. The number of rotatable bonds is 8. The standard InChI is InChI=1S/C25H35F3N6O5S2/c1-15(2)29-23(35)31-17-9-8-16(12-17)20-14-22(33(32-20)24(3,4)5)30-18-10-11-21(19(13-18)25(26,27)28)34(40(6,36)37)41(7,38)39/h9-11,13-16,30H,8,12H2,1-7H3,(H2,29,31,35)/t16-/m0/s1. The lowest BCUT2D eigenvalue weighted by atomic mass is 10.0. The van der Waals surface area contributed by atoms with Gasteiger partial charge in [0.15, 0.2) is 0 Å². The molecule has 1 heterocycles. The molecule has 0 aliphatic heterocycles. The van der Waals surface area contributed by atoms with Crippen LogP contribution in [0.4, 0.5) is 35.2 Å². The smallest absolute Gasteiger partial charge is 0.340 e. The van der Waals surface area contributed by atoms with Crippen molar-refractivity contribution in [1.82, 2.24) is 20.4 Å². The van der Waals surface area contributed by atoms with Gasteiger partial charge in [-0.15, -0.1) is 0 Å². The number of hydrogen-bond donors (Lipinski definition) is 3. The first kappa shape index (κ1) is 32.2. The molecule has 0 saturated heterocycles. The lowest BCUT2D eigenvalue weighted by molar-refractivity contribution is -0.136. The minimum atomic E-state index is -5.07. The van der Waals surface area contributed by atoms with Crippen LogP contribution in [0.5, 0.6) is 0 Å². The predicted octanol–water partition coefficient (Wildman–Crippen LogP) is 4.60. The number of carbonyl (C=O) groups excluding carboxylic acids is 1. The summed E-state index contributed by atoms with van der Waals surface area (Å²) in [7, 11) is -9.21. The molecule has 16 heteroatoms. The van der Waals surface area contributed by atoms with E-state index in [4.69, 9.17) is 5.10 Å². The average molecular weight is 621 g/mol. The van der Waals surface area contributed by atoms with Crippen LogP contribution in [0.15, 0.2) is 36.0 Å². The van der Waals surface area contributed by atoms with Gasteiger partial charge in [0, 0.05) is 29.4 Å². The Morgan fingerprint density at radius 1 is 1.07 bits per heavy atom. The molecule has 1 aromatic carbocycles. The largest absolute Gasteiger partial charge is 0.418 e. The van der Waals surface area contributed by atoms with E-state index in [2.05, 4.69) is 16.0 Å². The van der Waals surface area contributed by atoms with Crippen LogP contribution in [0.1, 0.15) is 64.6 Å². The Labute approximate surface area is 238 Å². The molecule has 3 N–H and O–H groups in total. The molecule has 41 heavy (non-hydrogen) atoms. The van der Waals surface area contributed by atoms with Crippen molar-refractivity contribution >= 4 is 43.3 Å². The van der Waals surface area contributed by atoms with E-state index in [-0.39, 0.29) is 27.4 Å². The van der Waals surface area contributed by atoms with Crippen LogP contribution < -0.4 is 19.7 Å². The first-order valence-corrected chi connectivity index (χ1v) is 16.3. The van der Waals surface area contributed by atoms with Crippen molar-refractivity contribution in [3.63, 3.8) is 0 Å². The maximum absolute atomic E-state index is 14.1. The number of hydrogen-bond acceptors (Lipinski definition) is 7. The molecule has 0 radical (unpaired) electrons. The van der Waals surface area contributed by atoms with E-state index in [0.717, 1.165) is 11.8 Å². The summed E-state index contributed by atoms with van der Waals surface area (Å²) in [6, 6.07) is 3.99. The van der Waals surface area contributed by atoms with Crippen molar-refractivity contribution in [2.24, 2.45) is 0 Å². The highest BCUT2D eigenvalue weighted by atomic mass is 32.3. The second-order valence-corrected chi connectivity index (χ2v) is 15.1. The van der Waals surface area contributed by atoms with Gasteiger partial charge < -0.3 is 16.0 Å². The summed E-state index contributed by atoms with van der Waals surface area (Å²) in [6.45, 7) is 9.29. The molecule has 1 aliphatic rings. The number of allylic oxidation sites excluding steroid dienone is 2. The lowest BCUT2D eigenvalue weighted by Crippen LogP contribution is -2.38. The van der Waals surface area contributed by atoms with Gasteiger partial charge in [-0.25, -0.2) is 26.3 Å². The molecule has 1 aromatic heterocycles. The van der Waals surface area contributed by atoms with Crippen LogP contribution in [-0.2, 0) is 31.8 Å². The van der Waals surface area contributed by atoms with Crippen molar-refractivity contribution in [2.45, 2.75) is 71.1 Å². The first-order chi connectivity index (χ1) is 18.6. The highest BCUT2D eigenvalue weighted by Crippen LogP contribution is 2.41. The highest BCUT2D eigenvalue weighted by Gasteiger charge is 2.40. The molecular formula is C25H35F3N6O5S2. The summed E-state index contributed by atoms with van der Waals surface area (Å²) in [5.41, 5.74) is -1.72. The van der Waals surface area contributed by atoms with Crippen molar-refractivity contribution in [1.29, 1.82) is 0 Å². The number of sulfonamides is 2. The summed E-state index contributed by atoms with van der Waals surface area (Å²) < 4.78 is 92.3. The van der Waals surface area contributed by atoms with E-state index >= 15 is 0 Å². The average Bonchev–Trinajstić information content (AvgIpc) is 3.38. The molecule has 228 valence electrons. The number of anilines is 3. The minimum absolute atomic E-state index is 0.0309. The number of halogens is 3. The number of nitrogens with zero attached hydrogens (tertiary/aromatic N) is 3. The summed E-state index contributed by atoms with van der Waals surface area (Å²) in [6.07, 6.45) is -1.05. The Hall–Kier alpha value is -3.27. The van der Waals surface area contributed by atoms with Crippen molar-refractivity contribution in [3.8, 4) is 0 Å². The first-order valence-electron chi connectivity index (χ1n) is 12.6. The van der Waals surface area contributed by atoms with Crippen LogP contribution in [-0.4, -0.2) is 51.2 Å². The molecule has 11 nitrogen and oxygen atoms in total. The fourth-order valence-corrected chi connectivity index (χ4v) is 7.44. The Balaban J connectivity index is 1.97. The number of urea groups is 1. The third kappa shape index (κ3) is 7.93. The van der Waals surface area contributed by atoms with Gasteiger partial charge in [0.1, 0.15) is 5.82 Å². The van der Waals surface area contributed by atoms with E-state index in [9.17, 15) is 34.8 Å². The number of benzene rings is 1. The SMILES string of the molecule is CC(C)NC(=O)NC1=CC[C@H](c2cc(Nc3ccc(N(S(C)(=O)=O)S(C)(=O)=O)c(C(F)(F)F)c3)n(C(C)(C)C)n2)C1. The molecular weight excluding hydrogens is 585 g/mol. The third-order valence-corrected chi connectivity index (χ3v) is 9.19. The van der Waals surface area contributed by atoms with E-state index in [1.165, 1.54) is 6.07 Å². The summed E-state index contributed by atoms with van der Waals surface area (Å²) in [5.74, 6) is 0.287. The molecule has 3 rings (SSSR count). The van der Waals surface area contributed by atoms with Gasteiger partial charge in [-0.2, -0.15) is 22.0 Å². The zero-order valence-corrected chi connectivity index (χ0v) is 25.4. The van der Waals surface area contributed by atoms with Crippen LogP contribution in [0.3, 0.4) is 0 Å². The number of alkyl halides is 3. The topological polar surface area (TPSA) is 142 Å². The summed E-state index contributed by atoms with van der Waals surface area (Å²) >= 11 is 0. The molecule has 2 amide bonds. The van der Waals surface area contributed by atoms with Gasteiger partial charge in [-0.3, -0.25) is 0 Å². The second-order valence-electron chi connectivity index (χ2n) is 11.2. The lowest BCUT2D eigenvalue weighted by Gasteiger charge is -2.25. The van der Waals surface area contributed by atoms with Gasteiger partial charge in [-0.1, -0.05) is 6.08 Å². The van der Waals surface area contributed by atoms with E-state index in [1.54, 1.807) is 10.7 Å². The molecule has 0 fully saturated rings. The fourth-order valence-electron chi connectivity index (χ4n) is 4.44. The maximum Gasteiger partial charge on any atom is 0.418 e. The predicted molar refractivity (Wildman–Crippen MR) is 151 cm³/mol. The molecule has 1 aliphatic carbocycles. The van der Waals surface area contributed by atoms with Crippen LogP contribution in [0, 0.1) is 0 Å². The van der Waals surface area contributed by atoms with Gasteiger partial charge in [0.05, 0.1) is 35.0 Å². The maximum atomic E-state index is 14.1. The Morgan fingerprint density at radius 3 is 2.20 bits per heavy atom. The molecule has 0 spiro atoms. The monoisotopic (exact) mass is 620 g/mol. The number of carbonyl (C=O) groups is 1. The second kappa shape index (κ2) is 11.2. The summed E-state index contributed by atoms with van der Waals surface area (Å²) in [5, 5.41) is 13.2. The molecule has 0 unspecified atom stereocenters. The number of aromatic nitrogens is 2. The van der Waals surface area contributed by atoms with Gasteiger partial charge in [-0.05, 0) is 65.7 Å². The third-order valence-electron chi connectivity index (χ3n) is 5.96. The van der Waals surface area contributed by atoms with Crippen molar-refractivity contribution in [3.05, 3.63) is 47.3 Å². The van der Waals surface area contributed by atoms with Crippen molar-refractivity contribution in [2.75, 3.05) is 21.5 Å². The van der Waals surface area contributed by atoms with Crippen molar-refractivity contribution < 1.29 is 34.8 Å². The van der Waals surface area contributed by atoms with Gasteiger partial charge in [0.2, 0.25) is 20.0 Å². The molecule has 0 bridgehead atoms.